The Bertz CT molecular complexity index is 245. The van der Waals surface area contributed by atoms with Crippen LogP contribution < -0.4 is 0 Å². The van der Waals surface area contributed by atoms with Crippen LogP contribution in [0.3, 0.4) is 0 Å². The summed E-state index contributed by atoms with van der Waals surface area (Å²) in [5.41, 5.74) is -0.366. The molecule has 0 aromatic rings. The van der Waals surface area contributed by atoms with Crippen molar-refractivity contribution in [3.05, 3.63) is 0 Å². The Labute approximate surface area is 85.4 Å². The molecule has 0 spiro atoms. The minimum Gasteiger partial charge on any atom is -0.444 e. The summed E-state index contributed by atoms with van der Waals surface area (Å²) in [7, 11) is 0. The third-order valence-corrected chi connectivity index (χ3v) is 3.27. The molecule has 0 aromatic carbocycles. The van der Waals surface area contributed by atoms with Gasteiger partial charge < -0.3 is 9.64 Å². The molecule has 1 aliphatic carbocycles. The molecule has 0 N–H and O–H groups in total. The van der Waals surface area contributed by atoms with Gasteiger partial charge in [0.15, 0.2) is 0 Å². The lowest BCUT2D eigenvalue weighted by Gasteiger charge is -2.25. The molecule has 3 atom stereocenters. The van der Waals surface area contributed by atoms with Gasteiger partial charge in [0.05, 0.1) is 0 Å². The molecule has 0 unspecified atom stereocenters. The maximum atomic E-state index is 11.6. The van der Waals surface area contributed by atoms with E-state index in [2.05, 4.69) is 6.92 Å². The van der Waals surface area contributed by atoms with Crippen LogP contribution in [0.25, 0.3) is 0 Å². The van der Waals surface area contributed by atoms with Crippen molar-refractivity contribution in [2.45, 2.75) is 33.3 Å². The molecule has 1 heterocycles. The van der Waals surface area contributed by atoms with Gasteiger partial charge in [-0.1, -0.05) is 6.92 Å². The van der Waals surface area contributed by atoms with Crippen molar-refractivity contribution in [2.75, 3.05) is 13.1 Å². The van der Waals surface area contributed by atoms with Crippen LogP contribution in [0, 0.1) is 17.8 Å². The second-order valence-corrected chi connectivity index (χ2v) is 5.57. The largest absolute Gasteiger partial charge is 0.444 e. The van der Waals surface area contributed by atoms with Crippen LogP contribution in [0.4, 0.5) is 4.79 Å². The number of ether oxygens (including phenoxy) is 1. The van der Waals surface area contributed by atoms with Crippen molar-refractivity contribution in [2.24, 2.45) is 17.8 Å². The number of nitrogens with zero attached hydrogens (tertiary/aromatic N) is 1. The van der Waals surface area contributed by atoms with E-state index in [9.17, 15) is 4.79 Å². The van der Waals surface area contributed by atoms with Crippen molar-refractivity contribution < 1.29 is 9.53 Å². The van der Waals surface area contributed by atoms with Crippen LogP contribution in [-0.2, 0) is 4.74 Å². The second kappa shape index (κ2) is 2.88. The highest BCUT2D eigenvalue weighted by molar-refractivity contribution is 5.68. The fraction of sp³-hybridized carbons (Fsp3) is 0.909. The lowest BCUT2D eigenvalue weighted by atomic mass is 10.2. The Hall–Kier alpha value is -0.730. The van der Waals surface area contributed by atoms with E-state index in [1.54, 1.807) is 0 Å². The monoisotopic (exact) mass is 197 g/mol. The molecule has 0 aromatic heterocycles. The summed E-state index contributed by atoms with van der Waals surface area (Å²) >= 11 is 0. The highest BCUT2D eigenvalue weighted by atomic mass is 16.6. The zero-order chi connectivity index (χ0) is 10.5. The maximum Gasteiger partial charge on any atom is 0.410 e. The predicted octanol–water partition coefficient (Wildman–Crippen LogP) is 2.12. The lowest BCUT2D eigenvalue weighted by molar-refractivity contribution is 0.0267. The predicted molar refractivity (Wildman–Crippen MR) is 54.0 cm³/mol. The van der Waals surface area contributed by atoms with Crippen LogP contribution >= 0.6 is 0 Å². The zero-order valence-electron chi connectivity index (χ0n) is 9.41. The first-order chi connectivity index (χ1) is 6.38. The van der Waals surface area contributed by atoms with Gasteiger partial charge in [-0.2, -0.15) is 0 Å². The van der Waals surface area contributed by atoms with Gasteiger partial charge >= 0.3 is 6.09 Å². The summed E-state index contributed by atoms with van der Waals surface area (Å²) in [5, 5.41) is 0. The first-order valence-electron chi connectivity index (χ1n) is 5.36. The van der Waals surface area contributed by atoms with Crippen LogP contribution in [-0.4, -0.2) is 29.7 Å². The van der Waals surface area contributed by atoms with Gasteiger partial charge in [0.25, 0.3) is 0 Å². The quantitative estimate of drug-likeness (QED) is 0.595. The molecule has 0 bridgehead atoms. The summed E-state index contributed by atoms with van der Waals surface area (Å²) in [4.78, 5) is 13.5. The number of likely N-dealkylation sites (tertiary alicyclic amines) is 1. The minimum atomic E-state index is -0.366. The summed E-state index contributed by atoms with van der Waals surface area (Å²) in [6.07, 6.45) is -0.142. The molecule has 0 radical (unpaired) electrons. The van der Waals surface area contributed by atoms with Crippen molar-refractivity contribution >= 4 is 6.09 Å². The third kappa shape index (κ3) is 1.72. The lowest BCUT2D eigenvalue weighted by Crippen LogP contribution is -2.36. The maximum absolute atomic E-state index is 11.6. The smallest absolute Gasteiger partial charge is 0.410 e. The summed E-state index contributed by atoms with van der Waals surface area (Å²) in [6.45, 7) is 9.79. The number of fused-ring (bicyclic) bond motifs is 1. The zero-order valence-corrected chi connectivity index (χ0v) is 9.41. The van der Waals surface area contributed by atoms with Crippen molar-refractivity contribution in [3.63, 3.8) is 0 Å². The minimum absolute atomic E-state index is 0.142. The number of hydrogen-bond acceptors (Lipinski definition) is 2. The van der Waals surface area contributed by atoms with Gasteiger partial charge in [-0.3, -0.25) is 0 Å². The molecule has 2 fully saturated rings. The number of piperidine rings is 1. The molecular weight excluding hydrogens is 178 g/mol. The SMILES string of the molecule is C[C@@H]1[C@H]2CN(C(=O)OC(C)(C)C)C[C@@H]12. The number of hydrogen-bond donors (Lipinski definition) is 0. The molecule has 1 saturated heterocycles. The number of carbonyl (C=O) groups excluding carboxylic acids is 1. The van der Waals surface area contributed by atoms with Crippen LogP contribution in [0.15, 0.2) is 0 Å². The highest BCUT2D eigenvalue weighted by Crippen LogP contribution is 2.51. The van der Waals surface area contributed by atoms with E-state index in [4.69, 9.17) is 4.74 Å². The van der Waals surface area contributed by atoms with Crippen molar-refractivity contribution in [3.8, 4) is 0 Å². The highest BCUT2D eigenvalue weighted by Gasteiger charge is 2.54. The van der Waals surface area contributed by atoms with Crippen LogP contribution in [0.1, 0.15) is 27.7 Å². The molecule has 1 amide bonds. The topological polar surface area (TPSA) is 29.5 Å². The van der Waals surface area contributed by atoms with Crippen LogP contribution in [0.2, 0.25) is 0 Å². The fourth-order valence-corrected chi connectivity index (χ4v) is 2.30. The molecule has 1 saturated carbocycles. The molecule has 3 nitrogen and oxygen atoms in total. The first-order valence-corrected chi connectivity index (χ1v) is 5.36. The van der Waals surface area contributed by atoms with Gasteiger partial charge in [-0.15, -0.1) is 0 Å². The molecule has 14 heavy (non-hydrogen) atoms. The number of rotatable bonds is 0. The molecule has 80 valence electrons. The summed E-state index contributed by atoms with van der Waals surface area (Å²) < 4.78 is 5.31. The Balaban J connectivity index is 1.84. The Morgan fingerprint density at radius 2 is 1.79 bits per heavy atom. The third-order valence-electron chi connectivity index (χ3n) is 3.27. The molecule has 2 rings (SSSR count). The Morgan fingerprint density at radius 3 is 2.21 bits per heavy atom. The molecular formula is C11H19NO2. The van der Waals surface area contributed by atoms with Gasteiger partial charge in [0, 0.05) is 13.1 Å². The first kappa shape index (κ1) is 9.81. The molecule has 2 aliphatic rings. The van der Waals surface area contributed by atoms with Gasteiger partial charge in [0.2, 0.25) is 0 Å². The van der Waals surface area contributed by atoms with E-state index in [-0.39, 0.29) is 11.7 Å². The average Bonchev–Trinajstić information content (AvgIpc) is 2.47. The van der Waals surface area contributed by atoms with Gasteiger partial charge in [-0.05, 0) is 38.5 Å². The standard InChI is InChI=1S/C11H19NO2/c1-7-8-5-12(6-9(7)8)10(13)14-11(2,3)4/h7-9H,5-6H2,1-4H3/t7-,8-,9+. The fourth-order valence-electron chi connectivity index (χ4n) is 2.30. The van der Waals surface area contributed by atoms with E-state index < -0.39 is 0 Å². The van der Waals surface area contributed by atoms with Gasteiger partial charge in [0.1, 0.15) is 5.60 Å². The van der Waals surface area contributed by atoms with Crippen molar-refractivity contribution in [1.82, 2.24) is 4.90 Å². The van der Waals surface area contributed by atoms with Gasteiger partial charge in [-0.25, -0.2) is 4.79 Å². The average molecular weight is 197 g/mol. The summed E-state index contributed by atoms with van der Waals surface area (Å²) in [6, 6.07) is 0. The van der Waals surface area contributed by atoms with E-state index in [0.717, 1.165) is 30.8 Å². The molecule has 3 heteroatoms. The van der Waals surface area contributed by atoms with E-state index >= 15 is 0 Å². The Morgan fingerprint density at radius 1 is 1.29 bits per heavy atom. The molecule has 1 aliphatic heterocycles. The van der Waals surface area contributed by atoms with Crippen LogP contribution in [0.5, 0.6) is 0 Å². The van der Waals surface area contributed by atoms with E-state index in [0.29, 0.717) is 0 Å². The van der Waals surface area contributed by atoms with E-state index in [1.165, 1.54) is 0 Å². The number of carbonyl (C=O) groups is 1. The van der Waals surface area contributed by atoms with E-state index in [1.807, 2.05) is 25.7 Å². The second-order valence-electron chi connectivity index (χ2n) is 5.57. The van der Waals surface area contributed by atoms with Crippen molar-refractivity contribution in [1.29, 1.82) is 0 Å². The summed E-state index contributed by atoms with van der Waals surface area (Å²) in [5.74, 6) is 2.33. The Kier molecular flexibility index (Phi) is 2.02. The normalized spacial score (nSPS) is 35.4. The number of amides is 1.